The molecular weight excluding hydrogens is 279 g/mol. The minimum atomic E-state index is 0.461. The van der Waals surface area contributed by atoms with Crippen molar-refractivity contribution in [1.82, 2.24) is 9.97 Å². The molecule has 0 N–H and O–H groups in total. The van der Waals surface area contributed by atoms with Crippen molar-refractivity contribution in [3.63, 3.8) is 0 Å². The highest BCUT2D eigenvalue weighted by atomic mass is 35.5. The van der Waals surface area contributed by atoms with E-state index in [0.29, 0.717) is 16.1 Å². The third-order valence-electron chi connectivity index (χ3n) is 3.05. The second-order valence-corrected chi connectivity index (χ2v) is 5.08. The molecule has 0 bridgehead atoms. The summed E-state index contributed by atoms with van der Waals surface area (Å²) in [7, 11) is 0. The number of nitrogens with zero attached hydrogens (tertiary/aromatic N) is 2. The molecule has 4 heteroatoms. The second-order valence-electron chi connectivity index (χ2n) is 4.37. The lowest BCUT2D eigenvalue weighted by atomic mass is 10.0. The first-order chi connectivity index (χ1) is 9.17. The predicted octanol–water partition coefficient (Wildman–Crippen LogP) is 4.97. The van der Waals surface area contributed by atoms with E-state index >= 15 is 0 Å². The first-order valence-corrected chi connectivity index (χ1v) is 7.23. The number of rotatable bonds is 4. The molecule has 0 saturated carbocycles. The molecule has 0 aliphatic heterocycles. The monoisotopic (exact) mass is 294 g/mol. The maximum absolute atomic E-state index is 6.22. The lowest BCUT2D eigenvalue weighted by Crippen LogP contribution is -1.99. The SMILES string of the molecule is CCCc1c(Cl)nc(-c2ccccc2CC)nc1Cl. The highest BCUT2D eigenvalue weighted by Gasteiger charge is 2.13. The fourth-order valence-electron chi connectivity index (χ4n) is 2.05. The van der Waals surface area contributed by atoms with Crippen LogP contribution in [0.2, 0.25) is 10.3 Å². The molecule has 0 amide bonds. The molecule has 1 heterocycles. The molecule has 2 rings (SSSR count). The standard InChI is InChI=1S/C15H16Cl2N2/c1-3-7-12-13(16)18-15(19-14(12)17)11-9-6-5-8-10(11)4-2/h5-6,8-9H,3-4,7H2,1-2H3. The van der Waals surface area contributed by atoms with E-state index in [0.717, 1.165) is 30.4 Å². The van der Waals surface area contributed by atoms with Crippen LogP contribution in [0.5, 0.6) is 0 Å². The van der Waals surface area contributed by atoms with E-state index in [1.54, 1.807) is 0 Å². The van der Waals surface area contributed by atoms with Crippen LogP contribution < -0.4 is 0 Å². The van der Waals surface area contributed by atoms with E-state index in [2.05, 4.69) is 29.9 Å². The summed E-state index contributed by atoms with van der Waals surface area (Å²) in [6.07, 6.45) is 2.69. The average molecular weight is 295 g/mol. The zero-order valence-corrected chi connectivity index (χ0v) is 12.6. The van der Waals surface area contributed by atoms with Crippen LogP contribution in [0, 0.1) is 0 Å². The molecule has 0 spiro atoms. The first kappa shape index (κ1) is 14.3. The van der Waals surface area contributed by atoms with Crippen molar-refractivity contribution in [2.24, 2.45) is 0 Å². The van der Waals surface area contributed by atoms with Crippen molar-refractivity contribution in [3.8, 4) is 11.4 Å². The van der Waals surface area contributed by atoms with Crippen molar-refractivity contribution in [1.29, 1.82) is 0 Å². The quantitative estimate of drug-likeness (QED) is 0.745. The van der Waals surface area contributed by atoms with Gasteiger partial charge in [0.05, 0.1) is 0 Å². The predicted molar refractivity (Wildman–Crippen MR) is 80.9 cm³/mol. The smallest absolute Gasteiger partial charge is 0.162 e. The van der Waals surface area contributed by atoms with E-state index in [9.17, 15) is 0 Å². The van der Waals surface area contributed by atoms with Gasteiger partial charge in [-0.2, -0.15) is 0 Å². The Bertz CT molecular complexity index is 559. The van der Waals surface area contributed by atoms with Gasteiger partial charge in [0.25, 0.3) is 0 Å². The molecule has 100 valence electrons. The molecule has 0 aliphatic rings. The lowest BCUT2D eigenvalue weighted by Gasteiger charge is -2.10. The molecule has 1 aromatic carbocycles. The summed E-state index contributed by atoms with van der Waals surface area (Å²) in [5.41, 5.74) is 3.03. The molecule has 0 radical (unpaired) electrons. The normalized spacial score (nSPS) is 10.7. The van der Waals surface area contributed by atoms with E-state index in [4.69, 9.17) is 23.2 Å². The van der Waals surface area contributed by atoms with Crippen LogP contribution in [0.15, 0.2) is 24.3 Å². The first-order valence-electron chi connectivity index (χ1n) is 6.47. The van der Waals surface area contributed by atoms with Crippen LogP contribution in [0.3, 0.4) is 0 Å². The zero-order chi connectivity index (χ0) is 13.8. The number of benzene rings is 1. The number of aryl methyl sites for hydroxylation is 1. The Kier molecular flexibility index (Phi) is 4.78. The molecule has 0 fully saturated rings. The highest BCUT2D eigenvalue weighted by molar-refractivity contribution is 6.34. The van der Waals surface area contributed by atoms with Crippen LogP contribution in [0.4, 0.5) is 0 Å². The van der Waals surface area contributed by atoms with Gasteiger partial charge in [-0.25, -0.2) is 9.97 Å². The minimum absolute atomic E-state index is 0.461. The Balaban J connectivity index is 2.52. The molecular formula is C15H16Cl2N2. The minimum Gasteiger partial charge on any atom is -0.216 e. The lowest BCUT2D eigenvalue weighted by molar-refractivity contribution is 0.902. The number of aromatic nitrogens is 2. The van der Waals surface area contributed by atoms with E-state index in [1.807, 2.05) is 18.2 Å². The Hall–Kier alpha value is -1.12. The summed E-state index contributed by atoms with van der Waals surface area (Å²) in [6, 6.07) is 8.05. The third kappa shape index (κ3) is 3.07. The van der Waals surface area contributed by atoms with Gasteiger partial charge in [-0.1, -0.05) is 67.7 Å². The molecule has 0 unspecified atom stereocenters. The summed E-state index contributed by atoms with van der Waals surface area (Å²) in [5.74, 6) is 0.604. The average Bonchev–Trinajstić information content (AvgIpc) is 2.42. The third-order valence-corrected chi connectivity index (χ3v) is 3.67. The van der Waals surface area contributed by atoms with Crippen LogP contribution in [-0.4, -0.2) is 9.97 Å². The van der Waals surface area contributed by atoms with E-state index in [-0.39, 0.29) is 0 Å². The fraction of sp³-hybridized carbons (Fsp3) is 0.333. The van der Waals surface area contributed by atoms with Gasteiger partial charge in [-0.3, -0.25) is 0 Å². The zero-order valence-electron chi connectivity index (χ0n) is 11.1. The maximum atomic E-state index is 6.22. The molecule has 0 atom stereocenters. The number of halogens is 2. The largest absolute Gasteiger partial charge is 0.216 e. The van der Waals surface area contributed by atoms with Gasteiger partial charge in [-0.05, 0) is 18.4 Å². The summed E-state index contributed by atoms with van der Waals surface area (Å²) in [6.45, 7) is 4.18. The van der Waals surface area contributed by atoms with Gasteiger partial charge < -0.3 is 0 Å². The number of hydrogen-bond acceptors (Lipinski definition) is 2. The van der Waals surface area contributed by atoms with Gasteiger partial charge >= 0.3 is 0 Å². The molecule has 0 saturated heterocycles. The summed E-state index contributed by atoms with van der Waals surface area (Å²) in [5, 5.41) is 0.922. The van der Waals surface area contributed by atoms with Gasteiger partial charge in [0.2, 0.25) is 0 Å². The highest BCUT2D eigenvalue weighted by Crippen LogP contribution is 2.28. The van der Waals surface area contributed by atoms with Crippen LogP contribution in [0.1, 0.15) is 31.4 Å². The molecule has 2 nitrogen and oxygen atoms in total. The number of hydrogen-bond donors (Lipinski definition) is 0. The van der Waals surface area contributed by atoms with Gasteiger partial charge in [0, 0.05) is 11.1 Å². The molecule has 2 aromatic rings. The molecule has 0 aliphatic carbocycles. The summed E-state index contributed by atoms with van der Waals surface area (Å²) < 4.78 is 0. The van der Waals surface area contributed by atoms with Crippen LogP contribution >= 0.6 is 23.2 Å². The topological polar surface area (TPSA) is 25.8 Å². The maximum Gasteiger partial charge on any atom is 0.162 e. The fourth-order valence-corrected chi connectivity index (χ4v) is 2.63. The Morgan fingerprint density at radius 1 is 1.00 bits per heavy atom. The summed E-state index contributed by atoms with van der Waals surface area (Å²) in [4.78, 5) is 8.80. The van der Waals surface area contributed by atoms with Crippen molar-refractivity contribution < 1.29 is 0 Å². The van der Waals surface area contributed by atoms with Crippen molar-refractivity contribution in [2.75, 3.05) is 0 Å². The molecule has 1 aromatic heterocycles. The van der Waals surface area contributed by atoms with Crippen molar-refractivity contribution in [2.45, 2.75) is 33.1 Å². The van der Waals surface area contributed by atoms with Crippen LogP contribution in [-0.2, 0) is 12.8 Å². The van der Waals surface area contributed by atoms with Gasteiger partial charge in [0.1, 0.15) is 10.3 Å². The van der Waals surface area contributed by atoms with Crippen molar-refractivity contribution in [3.05, 3.63) is 45.7 Å². The van der Waals surface area contributed by atoms with E-state index in [1.165, 1.54) is 5.56 Å². The van der Waals surface area contributed by atoms with Crippen LogP contribution in [0.25, 0.3) is 11.4 Å². The second kappa shape index (κ2) is 6.36. The molecule has 19 heavy (non-hydrogen) atoms. The van der Waals surface area contributed by atoms with Gasteiger partial charge in [0.15, 0.2) is 5.82 Å². The van der Waals surface area contributed by atoms with Crippen molar-refractivity contribution >= 4 is 23.2 Å². The Morgan fingerprint density at radius 3 is 2.21 bits per heavy atom. The Labute approximate surface area is 123 Å². The van der Waals surface area contributed by atoms with E-state index < -0.39 is 0 Å². The summed E-state index contributed by atoms with van der Waals surface area (Å²) >= 11 is 12.4. The Morgan fingerprint density at radius 2 is 1.63 bits per heavy atom. The van der Waals surface area contributed by atoms with Gasteiger partial charge in [-0.15, -0.1) is 0 Å².